The van der Waals surface area contributed by atoms with Gasteiger partial charge in [0.1, 0.15) is 0 Å². The average Bonchev–Trinajstić information content (AvgIpc) is 2.72. The lowest BCUT2D eigenvalue weighted by atomic mass is 9.97. The molecule has 0 aliphatic heterocycles. The van der Waals surface area contributed by atoms with E-state index in [-0.39, 0.29) is 0 Å². The topological polar surface area (TPSA) is 52.6 Å². The number of hydrogen-bond acceptors (Lipinski definition) is 4. The Bertz CT molecular complexity index is 676. The van der Waals surface area contributed by atoms with E-state index in [2.05, 4.69) is 27.7 Å². The highest BCUT2D eigenvalue weighted by atomic mass is 16.5. The van der Waals surface area contributed by atoms with E-state index in [4.69, 9.17) is 9.47 Å². The van der Waals surface area contributed by atoms with Crippen LogP contribution < -0.4 is 0 Å². The Morgan fingerprint density at radius 1 is 0.742 bits per heavy atom. The first-order valence-electron chi connectivity index (χ1n) is 12.2. The molecule has 0 saturated carbocycles. The number of carbonyl (C=O) groups excluding carboxylic acids is 2. The minimum absolute atomic E-state index is 0.321. The Balaban J connectivity index is 2.67. The first-order valence-corrected chi connectivity index (χ1v) is 12.2. The van der Waals surface area contributed by atoms with Gasteiger partial charge >= 0.3 is 11.9 Å². The predicted molar refractivity (Wildman–Crippen MR) is 128 cm³/mol. The van der Waals surface area contributed by atoms with Gasteiger partial charge in [-0.25, -0.2) is 9.59 Å². The van der Waals surface area contributed by atoms with Gasteiger partial charge in [-0.2, -0.15) is 0 Å². The molecule has 0 fully saturated rings. The van der Waals surface area contributed by atoms with Gasteiger partial charge in [-0.05, 0) is 61.3 Å². The Labute approximate surface area is 190 Å². The van der Waals surface area contributed by atoms with Crippen LogP contribution in [0, 0.1) is 18.8 Å². The van der Waals surface area contributed by atoms with E-state index in [1.807, 2.05) is 13.8 Å². The number of ether oxygens (including phenoxy) is 2. The Morgan fingerprint density at radius 2 is 1.19 bits per heavy atom. The van der Waals surface area contributed by atoms with E-state index < -0.39 is 11.9 Å². The van der Waals surface area contributed by atoms with Crippen molar-refractivity contribution in [2.75, 3.05) is 13.2 Å². The summed E-state index contributed by atoms with van der Waals surface area (Å²) >= 11 is 0. The van der Waals surface area contributed by atoms with E-state index in [0.29, 0.717) is 36.2 Å². The average molecular weight is 433 g/mol. The quantitative estimate of drug-likeness (QED) is 0.215. The van der Waals surface area contributed by atoms with Crippen molar-refractivity contribution < 1.29 is 19.1 Å². The van der Waals surface area contributed by atoms with Gasteiger partial charge in [-0.3, -0.25) is 0 Å². The van der Waals surface area contributed by atoms with Crippen LogP contribution in [0.2, 0.25) is 0 Å². The molecule has 1 rings (SSSR count). The standard InChI is InChI=1S/C27H44O4/c1-7-23-19-25(27(29)31-17-13-9-11-15-21(4)5)24(18-22(23)6)26(28)30-16-12-8-10-14-20(2)3/h18-21H,7-17H2,1-6H3. The fourth-order valence-corrected chi connectivity index (χ4v) is 3.62. The third-order valence-corrected chi connectivity index (χ3v) is 5.61. The summed E-state index contributed by atoms with van der Waals surface area (Å²) in [6.07, 6.45) is 9.27. The van der Waals surface area contributed by atoms with Gasteiger partial charge in [0.05, 0.1) is 24.3 Å². The second-order valence-electron chi connectivity index (χ2n) is 9.44. The van der Waals surface area contributed by atoms with Crippen molar-refractivity contribution in [2.24, 2.45) is 11.8 Å². The van der Waals surface area contributed by atoms with E-state index in [9.17, 15) is 9.59 Å². The summed E-state index contributed by atoms with van der Waals surface area (Å²) in [6, 6.07) is 3.58. The van der Waals surface area contributed by atoms with Crippen LogP contribution in [0.15, 0.2) is 12.1 Å². The molecule has 0 unspecified atom stereocenters. The molecular formula is C27H44O4. The molecule has 0 bridgehead atoms. The maximum absolute atomic E-state index is 12.7. The second kappa shape index (κ2) is 15.0. The Morgan fingerprint density at radius 3 is 1.61 bits per heavy atom. The normalized spacial score (nSPS) is 11.2. The molecule has 0 aliphatic carbocycles. The fraction of sp³-hybridized carbons (Fsp3) is 0.704. The zero-order valence-corrected chi connectivity index (χ0v) is 20.7. The molecule has 1 aromatic rings. The maximum atomic E-state index is 12.7. The highest BCUT2D eigenvalue weighted by Crippen LogP contribution is 2.20. The van der Waals surface area contributed by atoms with Gasteiger partial charge in [0.15, 0.2) is 0 Å². The van der Waals surface area contributed by atoms with Crippen molar-refractivity contribution in [3.63, 3.8) is 0 Å². The summed E-state index contributed by atoms with van der Waals surface area (Å²) in [5, 5.41) is 0. The van der Waals surface area contributed by atoms with Crippen LogP contribution in [0.5, 0.6) is 0 Å². The molecule has 0 aliphatic rings. The summed E-state index contributed by atoms with van der Waals surface area (Å²) < 4.78 is 11.0. The minimum Gasteiger partial charge on any atom is -0.462 e. The number of aryl methyl sites for hydroxylation is 2. The lowest BCUT2D eigenvalue weighted by Crippen LogP contribution is -2.16. The number of benzene rings is 1. The van der Waals surface area contributed by atoms with Crippen LogP contribution >= 0.6 is 0 Å². The Kier molecular flexibility index (Phi) is 13.2. The molecule has 4 nitrogen and oxygen atoms in total. The van der Waals surface area contributed by atoms with Crippen LogP contribution in [0.4, 0.5) is 0 Å². The number of unbranched alkanes of at least 4 members (excludes halogenated alkanes) is 4. The van der Waals surface area contributed by atoms with Crippen LogP contribution in [0.3, 0.4) is 0 Å². The lowest BCUT2D eigenvalue weighted by Gasteiger charge is -2.14. The summed E-state index contributed by atoms with van der Waals surface area (Å²) in [4.78, 5) is 25.5. The van der Waals surface area contributed by atoms with E-state index in [1.54, 1.807) is 12.1 Å². The molecule has 0 aromatic heterocycles. The summed E-state index contributed by atoms with van der Waals surface area (Å²) in [5.74, 6) is 0.540. The van der Waals surface area contributed by atoms with E-state index in [1.165, 1.54) is 12.8 Å². The molecule has 0 saturated heterocycles. The van der Waals surface area contributed by atoms with E-state index in [0.717, 1.165) is 56.1 Å². The van der Waals surface area contributed by atoms with Crippen molar-refractivity contribution in [3.05, 3.63) is 34.4 Å². The van der Waals surface area contributed by atoms with Crippen LogP contribution in [-0.4, -0.2) is 25.2 Å². The smallest absolute Gasteiger partial charge is 0.339 e. The van der Waals surface area contributed by atoms with Crippen molar-refractivity contribution in [2.45, 2.75) is 99.3 Å². The van der Waals surface area contributed by atoms with Gasteiger partial charge in [0.25, 0.3) is 0 Å². The number of carbonyl (C=O) groups is 2. The predicted octanol–water partition coefficient (Wildman–Crippen LogP) is 7.30. The second-order valence-corrected chi connectivity index (χ2v) is 9.44. The van der Waals surface area contributed by atoms with Crippen molar-refractivity contribution >= 4 is 11.9 Å². The molecule has 0 heterocycles. The largest absolute Gasteiger partial charge is 0.462 e. The molecule has 0 N–H and O–H groups in total. The molecule has 31 heavy (non-hydrogen) atoms. The first-order chi connectivity index (χ1) is 14.8. The van der Waals surface area contributed by atoms with Gasteiger partial charge in [-0.15, -0.1) is 0 Å². The van der Waals surface area contributed by atoms with Gasteiger partial charge in [0, 0.05) is 0 Å². The molecule has 4 heteroatoms. The lowest BCUT2D eigenvalue weighted by molar-refractivity contribution is 0.0450. The Hall–Kier alpha value is -1.84. The van der Waals surface area contributed by atoms with Gasteiger partial charge in [-0.1, -0.05) is 73.1 Å². The highest BCUT2D eigenvalue weighted by molar-refractivity contribution is 6.03. The SMILES string of the molecule is CCc1cc(C(=O)OCCCCCC(C)C)c(C(=O)OCCCCCC(C)C)cc1C. The molecule has 0 spiro atoms. The van der Waals surface area contributed by atoms with Gasteiger partial charge in [0.2, 0.25) is 0 Å². The zero-order chi connectivity index (χ0) is 23.2. The van der Waals surface area contributed by atoms with Crippen molar-refractivity contribution in [1.29, 1.82) is 0 Å². The van der Waals surface area contributed by atoms with Crippen LogP contribution in [-0.2, 0) is 15.9 Å². The third kappa shape index (κ3) is 10.8. The van der Waals surface area contributed by atoms with Crippen LogP contribution in [0.1, 0.15) is 118 Å². The molecule has 176 valence electrons. The molecule has 0 atom stereocenters. The molecule has 0 amide bonds. The molecule has 0 radical (unpaired) electrons. The zero-order valence-electron chi connectivity index (χ0n) is 20.7. The van der Waals surface area contributed by atoms with Crippen molar-refractivity contribution in [3.8, 4) is 0 Å². The summed E-state index contributed by atoms with van der Waals surface area (Å²) in [5.41, 5.74) is 2.70. The molecule has 1 aromatic carbocycles. The summed E-state index contributed by atoms with van der Waals surface area (Å²) in [6.45, 7) is 13.6. The fourth-order valence-electron chi connectivity index (χ4n) is 3.62. The first kappa shape index (κ1) is 27.2. The van der Waals surface area contributed by atoms with Crippen LogP contribution in [0.25, 0.3) is 0 Å². The number of esters is 2. The minimum atomic E-state index is -0.432. The highest BCUT2D eigenvalue weighted by Gasteiger charge is 2.21. The molecular weight excluding hydrogens is 388 g/mol. The van der Waals surface area contributed by atoms with Crippen molar-refractivity contribution in [1.82, 2.24) is 0 Å². The number of rotatable bonds is 15. The summed E-state index contributed by atoms with van der Waals surface area (Å²) in [7, 11) is 0. The van der Waals surface area contributed by atoms with Gasteiger partial charge < -0.3 is 9.47 Å². The maximum Gasteiger partial charge on any atom is 0.339 e. The monoisotopic (exact) mass is 432 g/mol. The third-order valence-electron chi connectivity index (χ3n) is 5.61. The van der Waals surface area contributed by atoms with E-state index >= 15 is 0 Å². The number of hydrogen-bond donors (Lipinski definition) is 0.